The van der Waals surface area contributed by atoms with E-state index in [0.29, 0.717) is 36.3 Å². The highest BCUT2D eigenvalue weighted by molar-refractivity contribution is 5.94. The van der Waals surface area contributed by atoms with Crippen LogP contribution in [0.3, 0.4) is 0 Å². The molecule has 132 valence electrons. The van der Waals surface area contributed by atoms with Crippen LogP contribution in [0.5, 0.6) is 0 Å². The van der Waals surface area contributed by atoms with E-state index in [0.717, 1.165) is 44.7 Å². The molecule has 0 radical (unpaired) electrons. The number of fused-ring (bicyclic) bond motifs is 2. The molecule has 7 heteroatoms. The van der Waals surface area contributed by atoms with Crippen LogP contribution in [0.25, 0.3) is 10.9 Å². The molecule has 0 spiro atoms. The highest BCUT2D eigenvalue weighted by Gasteiger charge is 2.16. The quantitative estimate of drug-likeness (QED) is 0.901. The summed E-state index contributed by atoms with van der Waals surface area (Å²) in [4.78, 5) is 31.6. The number of morpholine rings is 1. The Morgan fingerprint density at radius 2 is 2.04 bits per heavy atom. The molecule has 1 amide bonds. The van der Waals surface area contributed by atoms with Crippen molar-refractivity contribution in [3.8, 4) is 0 Å². The lowest BCUT2D eigenvalue weighted by atomic mass is 10.1. The first-order chi connectivity index (χ1) is 12.2. The number of hydrogen-bond donors (Lipinski definition) is 1. The average Bonchev–Trinajstić information content (AvgIpc) is 2.63. The number of amides is 1. The minimum absolute atomic E-state index is 0.0102. The van der Waals surface area contributed by atoms with Crippen molar-refractivity contribution in [3.05, 3.63) is 34.4 Å². The molecule has 2 aromatic rings. The van der Waals surface area contributed by atoms with Crippen LogP contribution in [0.15, 0.2) is 23.0 Å². The Morgan fingerprint density at radius 1 is 1.20 bits per heavy atom. The Labute approximate surface area is 145 Å². The van der Waals surface area contributed by atoms with E-state index in [1.165, 1.54) is 0 Å². The van der Waals surface area contributed by atoms with Crippen LogP contribution in [0.1, 0.15) is 18.7 Å². The Kier molecular flexibility index (Phi) is 4.50. The third-order valence-corrected chi connectivity index (χ3v) is 4.82. The molecule has 4 rings (SSSR count). The normalized spacial score (nSPS) is 18.1. The van der Waals surface area contributed by atoms with Gasteiger partial charge in [-0.2, -0.15) is 0 Å². The van der Waals surface area contributed by atoms with Gasteiger partial charge in [0.2, 0.25) is 5.91 Å². The highest BCUT2D eigenvalue weighted by atomic mass is 16.5. The molecule has 0 atom stereocenters. The lowest BCUT2D eigenvalue weighted by Gasteiger charge is -2.25. The number of rotatable bonds is 3. The summed E-state index contributed by atoms with van der Waals surface area (Å²) in [6.45, 7) is 3.92. The number of benzene rings is 1. The molecule has 0 saturated carbocycles. The van der Waals surface area contributed by atoms with Crippen LogP contribution in [0.2, 0.25) is 0 Å². The summed E-state index contributed by atoms with van der Waals surface area (Å²) in [7, 11) is 0. The second-order valence-electron chi connectivity index (χ2n) is 6.61. The molecule has 25 heavy (non-hydrogen) atoms. The Hall–Kier alpha value is -2.25. The van der Waals surface area contributed by atoms with Gasteiger partial charge < -0.3 is 10.1 Å². The smallest absolute Gasteiger partial charge is 0.261 e. The number of ether oxygens (including phenoxy) is 1. The van der Waals surface area contributed by atoms with Crippen LogP contribution < -0.4 is 10.9 Å². The zero-order valence-corrected chi connectivity index (χ0v) is 14.2. The van der Waals surface area contributed by atoms with Crippen molar-refractivity contribution in [2.45, 2.75) is 25.8 Å². The predicted molar refractivity (Wildman–Crippen MR) is 94.8 cm³/mol. The van der Waals surface area contributed by atoms with Gasteiger partial charge >= 0.3 is 0 Å². The minimum Gasteiger partial charge on any atom is -0.379 e. The number of anilines is 1. The van der Waals surface area contributed by atoms with Crippen molar-refractivity contribution in [2.24, 2.45) is 0 Å². The third-order valence-electron chi connectivity index (χ3n) is 4.82. The first-order valence-corrected chi connectivity index (χ1v) is 8.84. The minimum atomic E-state index is -0.0766. The van der Waals surface area contributed by atoms with Crippen LogP contribution in [0, 0.1) is 0 Å². The first-order valence-electron chi connectivity index (χ1n) is 8.84. The molecular formula is C18H22N4O3. The summed E-state index contributed by atoms with van der Waals surface area (Å²) < 4.78 is 7.06. The summed E-state index contributed by atoms with van der Waals surface area (Å²) in [6.07, 6.45) is 2.94. The zero-order valence-electron chi connectivity index (χ0n) is 14.2. The van der Waals surface area contributed by atoms with E-state index in [4.69, 9.17) is 4.74 Å². The van der Waals surface area contributed by atoms with E-state index in [1.54, 1.807) is 10.6 Å². The van der Waals surface area contributed by atoms with Crippen molar-refractivity contribution in [2.75, 3.05) is 38.2 Å². The number of aromatic nitrogens is 2. The zero-order chi connectivity index (χ0) is 17.2. The number of carbonyl (C=O) groups excluding carboxylic acids is 1. The van der Waals surface area contributed by atoms with Crippen molar-refractivity contribution >= 4 is 22.5 Å². The van der Waals surface area contributed by atoms with E-state index >= 15 is 0 Å². The summed E-state index contributed by atoms with van der Waals surface area (Å²) in [5.41, 5.74) is 1.33. The fourth-order valence-corrected chi connectivity index (χ4v) is 3.48. The molecular weight excluding hydrogens is 320 g/mol. The first kappa shape index (κ1) is 16.2. The van der Waals surface area contributed by atoms with Gasteiger partial charge in [-0.15, -0.1) is 0 Å². The molecule has 0 bridgehead atoms. The maximum atomic E-state index is 12.7. The van der Waals surface area contributed by atoms with Gasteiger partial charge in [-0.3, -0.25) is 19.1 Å². The SMILES string of the molecule is O=C(CN1CCOCC1)Nc1ccc2nc3n(c(=O)c2c1)CCCC3. The van der Waals surface area contributed by atoms with Gasteiger partial charge in [0.1, 0.15) is 5.82 Å². The van der Waals surface area contributed by atoms with E-state index in [9.17, 15) is 9.59 Å². The van der Waals surface area contributed by atoms with Gasteiger partial charge in [0.15, 0.2) is 0 Å². The lowest BCUT2D eigenvalue weighted by Crippen LogP contribution is -2.41. The van der Waals surface area contributed by atoms with Crippen molar-refractivity contribution in [3.63, 3.8) is 0 Å². The summed E-state index contributed by atoms with van der Waals surface area (Å²) in [5, 5.41) is 3.46. The molecule has 2 aliphatic rings. The van der Waals surface area contributed by atoms with Gasteiger partial charge in [0.05, 0.1) is 30.7 Å². The number of carbonyl (C=O) groups is 1. The van der Waals surface area contributed by atoms with Gasteiger partial charge in [0, 0.05) is 31.7 Å². The van der Waals surface area contributed by atoms with Gasteiger partial charge in [-0.1, -0.05) is 0 Å². The number of nitrogens with zero attached hydrogens (tertiary/aromatic N) is 3. The molecule has 0 unspecified atom stereocenters. The Balaban J connectivity index is 1.55. The van der Waals surface area contributed by atoms with Crippen molar-refractivity contribution < 1.29 is 9.53 Å². The van der Waals surface area contributed by atoms with Crippen LogP contribution >= 0.6 is 0 Å². The Morgan fingerprint density at radius 3 is 2.88 bits per heavy atom. The molecule has 1 saturated heterocycles. The molecule has 1 fully saturated rings. The summed E-state index contributed by atoms with van der Waals surface area (Å²) in [6, 6.07) is 5.37. The van der Waals surface area contributed by atoms with Crippen LogP contribution in [-0.2, 0) is 22.5 Å². The van der Waals surface area contributed by atoms with E-state index < -0.39 is 0 Å². The molecule has 1 aromatic carbocycles. The van der Waals surface area contributed by atoms with Crippen molar-refractivity contribution in [1.82, 2.24) is 14.5 Å². The summed E-state index contributed by atoms with van der Waals surface area (Å²) in [5.74, 6) is 0.792. The maximum Gasteiger partial charge on any atom is 0.261 e. The van der Waals surface area contributed by atoms with E-state index in [1.807, 2.05) is 12.1 Å². The molecule has 1 aromatic heterocycles. The molecule has 3 heterocycles. The molecule has 2 aliphatic heterocycles. The number of hydrogen-bond acceptors (Lipinski definition) is 5. The topological polar surface area (TPSA) is 76.5 Å². The predicted octanol–water partition coefficient (Wildman–Crippen LogP) is 1.00. The fourth-order valence-electron chi connectivity index (χ4n) is 3.48. The third kappa shape index (κ3) is 3.43. The molecule has 0 aliphatic carbocycles. The van der Waals surface area contributed by atoms with Gasteiger partial charge in [-0.25, -0.2) is 4.98 Å². The largest absolute Gasteiger partial charge is 0.379 e. The van der Waals surface area contributed by atoms with Crippen LogP contribution in [-0.4, -0.2) is 53.2 Å². The van der Waals surface area contributed by atoms with E-state index in [-0.39, 0.29) is 11.5 Å². The lowest BCUT2D eigenvalue weighted by molar-refractivity contribution is -0.118. The van der Waals surface area contributed by atoms with E-state index in [2.05, 4.69) is 15.2 Å². The monoisotopic (exact) mass is 342 g/mol. The fraction of sp³-hybridized carbons (Fsp3) is 0.500. The van der Waals surface area contributed by atoms with Crippen LogP contribution in [0.4, 0.5) is 5.69 Å². The van der Waals surface area contributed by atoms with Gasteiger partial charge in [-0.05, 0) is 31.0 Å². The standard InChI is InChI=1S/C18H22N4O3/c23-17(12-21-7-9-25-10-8-21)19-13-4-5-15-14(11-13)18(24)22-6-2-1-3-16(22)20-15/h4-5,11H,1-3,6-10,12H2,(H,19,23). The van der Waals surface area contributed by atoms with Gasteiger partial charge in [0.25, 0.3) is 5.56 Å². The molecule has 1 N–H and O–H groups in total. The highest BCUT2D eigenvalue weighted by Crippen LogP contribution is 2.18. The number of aryl methyl sites for hydroxylation is 1. The number of nitrogens with one attached hydrogen (secondary N) is 1. The van der Waals surface area contributed by atoms with Crippen molar-refractivity contribution in [1.29, 1.82) is 0 Å². The second-order valence-corrected chi connectivity index (χ2v) is 6.61. The Bertz CT molecular complexity index is 855. The second kappa shape index (κ2) is 6.93. The maximum absolute atomic E-state index is 12.7. The molecule has 7 nitrogen and oxygen atoms in total. The average molecular weight is 342 g/mol. The summed E-state index contributed by atoms with van der Waals surface area (Å²) >= 11 is 0.